The van der Waals surface area contributed by atoms with E-state index in [0.29, 0.717) is 41.3 Å². The third kappa shape index (κ3) is 3.83. The molecule has 1 heterocycles. The highest BCUT2D eigenvalue weighted by molar-refractivity contribution is 5.88. The Kier molecular flexibility index (Phi) is 5.48. The van der Waals surface area contributed by atoms with Gasteiger partial charge in [0.1, 0.15) is 18.2 Å². The fourth-order valence-corrected chi connectivity index (χ4v) is 2.43. The first-order chi connectivity index (χ1) is 12.6. The Morgan fingerprint density at radius 1 is 1.00 bits per heavy atom. The van der Waals surface area contributed by atoms with Crippen LogP contribution < -0.4 is 19.5 Å². The quantitative estimate of drug-likeness (QED) is 0.648. The summed E-state index contributed by atoms with van der Waals surface area (Å²) in [7, 11) is 3.35. The molecule has 0 spiro atoms. The van der Waals surface area contributed by atoms with Crippen LogP contribution in [0.3, 0.4) is 0 Å². The van der Waals surface area contributed by atoms with Crippen molar-refractivity contribution in [2.45, 2.75) is 0 Å². The average Bonchev–Trinajstić information content (AvgIpc) is 2.64. The van der Waals surface area contributed by atoms with Crippen molar-refractivity contribution < 1.29 is 23.0 Å². The molecule has 0 unspecified atom stereocenters. The van der Waals surface area contributed by atoms with E-state index in [1.54, 1.807) is 18.2 Å². The second kappa shape index (κ2) is 7.97. The molecule has 0 saturated heterocycles. The molecular formula is C19H18F2N2O3. The molecule has 0 amide bonds. The first kappa shape index (κ1) is 17.9. The van der Waals surface area contributed by atoms with Crippen molar-refractivity contribution >= 4 is 10.9 Å². The summed E-state index contributed by atoms with van der Waals surface area (Å²) in [5.41, 5.74) is 0.583. The second-order valence-corrected chi connectivity index (χ2v) is 5.46. The van der Waals surface area contributed by atoms with Gasteiger partial charge in [-0.2, -0.15) is 0 Å². The zero-order valence-electron chi connectivity index (χ0n) is 14.4. The van der Waals surface area contributed by atoms with Crippen molar-refractivity contribution in [3.8, 4) is 23.0 Å². The zero-order chi connectivity index (χ0) is 18.5. The summed E-state index contributed by atoms with van der Waals surface area (Å²) < 4.78 is 43.9. The molecule has 2 aromatic carbocycles. The number of fused-ring (bicyclic) bond motifs is 1. The maximum Gasteiger partial charge on any atom is 0.166 e. The summed E-state index contributed by atoms with van der Waals surface area (Å²) in [5, 5.41) is 3.58. The molecule has 1 N–H and O–H groups in total. The van der Waals surface area contributed by atoms with Gasteiger partial charge in [0.15, 0.2) is 23.1 Å². The van der Waals surface area contributed by atoms with Crippen molar-refractivity contribution in [1.82, 2.24) is 10.3 Å². The number of aromatic nitrogens is 1. The summed E-state index contributed by atoms with van der Waals surface area (Å²) in [6.45, 7) is 1.14. The number of methoxy groups -OCH3 is 1. The minimum absolute atomic E-state index is 0.203. The van der Waals surface area contributed by atoms with Crippen molar-refractivity contribution in [1.29, 1.82) is 0 Å². The van der Waals surface area contributed by atoms with E-state index in [9.17, 15) is 8.78 Å². The van der Waals surface area contributed by atoms with Crippen molar-refractivity contribution in [2.75, 3.05) is 27.3 Å². The number of ether oxygens (including phenoxy) is 3. The van der Waals surface area contributed by atoms with E-state index < -0.39 is 11.6 Å². The highest BCUT2D eigenvalue weighted by Gasteiger charge is 2.13. The summed E-state index contributed by atoms with van der Waals surface area (Å²) >= 11 is 0. The van der Waals surface area contributed by atoms with Crippen LogP contribution in [0.5, 0.6) is 23.0 Å². The molecule has 0 fully saturated rings. The summed E-state index contributed by atoms with van der Waals surface area (Å²) in [6, 6.07) is 8.04. The number of rotatable bonds is 7. The van der Waals surface area contributed by atoms with Crippen LogP contribution in [0.1, 0.15) is 0 Å². The van der Waals surface area contributed by atoms with Gasteiger partial charge >= 0.3 is 0 Å². The van der Waals surface area contributed by atoms with Crippen molar-refractivity contribution in [2.24, 2.45) is 0 Å². The highest BCUT2D eigenvalue weighted by Crippen LogP contribution is 2.37. The number of likely N-dealkylation sites (N-methyl/N-ethyl adjacent to an activating group) is 1. The summed E-state index contributed by atoms with van der Waals surface area (Å²) in [5.74, 6) is -0.0821. The van der Waals surface area contributed by atoms with E-state index in [1.807, 2.05) is 7.05 Å². The first-order valence-electron chi connectivity index (χ1n) is 7.99. The van der Waals surface area contributed by atoms with Crippen LogP contribution in [0.2, 0.25) is 0 Å². The normalized spacial score (nSPS) is 10.8. The van der Waals surface area contributed by atoms with Crippen molar-refractivity contribution in [3.63, 3.8) is 0 Å². The molecule has 0 aliphatic heterocycles. The first-order valence-corrected chi connectivity index (χ1v) is 7.99. The molecule has 136 valence electrons. The van der Waals surface area contributed by atoms with Crippen LogP contribution in [-0.4, -0.2) is 32.3 Å². The second-order valence-electron chi connectivity index (χ2n) is 5.46. The molecule has 0 bridgehead atoms. The van der Waals surface area contributed by atoms with E-state index in [2.05, 4.69) is 10.3 Å². The van der Waals surface area contributed by atoms with E-state index in [4.69, 9.17) is 14.2 Å². The zero-order valence-corrected chi connectivity index (χ0v) is 14.4. The summed E-state index contributed by atoms with van der Waals surface area (Å²) in [6.07, 6.45) is 1.53. The van der Waals surface area contributed by atoms with Gasteiger partial charge in [0, 0.05) is 30.3 Å². The Morgan fingerprint density at radius 2 is 1.85 bits per heavy atom. The number of hydrogen-bond acceptors (Lipinski definition) is 5. The van der Waals surface area contributed by atoms with Crippen molar-refractivity contribution in [3.05, 3.63) is 54.2 Å². The number of nitrogens with one attached hydrogen (secondary N) is 1. The third-order valence-corrected chi connectivity index (χ3v) is 3.71. The number of benzene rings is 2. The predicted octanol–water partition coefficient (Wildman–Crippen LogP) is 3.91. The van der Waals surface area contributed by atoms with E-state index in [-0.39, 0.29) is 5.75 Å². The van der Waals surface area contributed by atoms with Gasteiger partial charge in [0.2, 0.25) is 0 Å². The lowest BCUT2D eigenvalue weighted by molar-refractivity contribution is 0.296. The summed E-state index contributed by atoms with van der Waals surface area (Å²) in [4.78, 5) is 4.29. The third-order valence-electron chi connectivity index (χ3n) is 3.71. The van der Waals surface area contributed by atoms with Gasteiger partial charge in [-0.1, -0.05) is 0 Å². The van der Waals surface area contributed by atoms with Crippen LogP contribution in [0.4, 0.5) is 8.78 Å². The molecule has 3 rings (SSSR count). The number of hydrogen-bond donors (Lipinski definition) is 1. The molecule has 7 heteroatoms. The van der Waals surface area contributed by atoms with Gasteiger partial charge in [-0.3, -0.25) is 4.98 Å². The maximum absolute atomic E-state index is 13.9. The molecule has 1 aromatic heterocycles. The Morgan fingerprint density at radius 3 is 2.62 bits per heavy atom. The standard InChI is InChI=1S/C19H18F2N2O3/c1-22-7-8-25-19-11-15-13(10-18(19)24-2)16(5-6-23-15)26-17-9-12(20)3-4-14(17)21/h3-6,9-11,22H,7-8H2,1-2H3. The molecule has 5 nitrogen and oxygen atoms in total. The van der Waals surface area contributed by atoms with E-state index in [0.717, 1.165) is 18.2 Å². The van der Waals surface area contributed by atoms with Gasteiger partial charge in [-0.05, 0) is 31.3 Å². The minimum Gasteiger partial charge on any atom is -0.493 e. The topological polar surface area (TPSA) is 52.6 Å². The maximum atomic E-state index is 13.9. The van der Waals surface area contributed by atoms with Crippen LogP contribution in [0.25, 0.3) is 10.9 Å². The SMILES string of the molecule is CNCCOc1cc2nccc(Oc3cc(F)ccc3F)c2cc1OC. The highest BCUT2D eigenvalue weighted by atomic mass is 19.1. The Labute approximate surface area is 149 Å². The molecular weight excluding hydrogens is 342 g/mol. The molecule has 3 aromatic rings. The molecule has 0 aliphatic carbocycles. The smallest absolute Gasteiger partial charge is 0.166 e. The van der Waals surface area contributed by atoms with Gasteiger partial charge in [0.25, 0.3) is 0 Å². The van der Waals surface area contributed by atoms with Crippen LogP contribution >= 0.6 is 0 Å². The van der Waals surface area contributed by atoms with Crippen LogP contribution in [-0.2, 0) is 0 Å². The van der Waals surface area contributed by atoms with E-state index >= 15 is 0 Å². The Balaban J connectivity index is 2.00. The Hall–Kier alpha value is -2.93. The number of halogens is 2. The van der Waals surface area contributed by atoms with Crippen LogP contribution in [0, 0.1) is 11.6 Å². The lowest BCUT2D eigenvalue weighted by Gasteiger charge is -2.14. The van der Waals surface area contributed by atoms with Crippen LogP contribution in [0.15, 0.2) is 42.6 Å². The largest absolute Gasteiger partial charge is 0.493 e. The minimum atomic E-state index is -0.657. The lowest BCUT2D eigenvalue weighted by Crippen LogP contribution is -2.16. The van der Waals surface area contributed by atoms with E-state index in [1.165, 1.54) is 13.3 Å². The molecule has 0 aliphatic rings. The molecule has 0 radical (unpaired) electrons. The number of nitrogens with zero attached hydrogens (tertiary/aromatic N) is 1. The monoisotopic (exact) mass is 360 g/mol. The van der Waals surface area contributed by atoms with Gasteiger partial charge < -0.3 is 19.5 Å². The molecule has 0 atom stereocenters. The molecule has 26 heavy (non-hydrogen) atoms. The van der Waals surface area contributed by atoms with Gasteiger partial charge in [0.05, 0.1) is 12.6 Å². The lowest BCUT2D eigenvalue weighted by atomic mass is 10.1. The fourth-order valence-electron chi connectivity index (χ4n) is 2.43. The average molecular weight is 360 g/mol. The number of pyridine rings is 1. The predicted molar refractivity (Wildman–Crippen MR) is 94.1 cm³/mol. The molecule has 0 saturated carbocycles. The van der Waals surface area contributed by atoms with Gasteiger partial charge in [-0.15, -0.1) is 0 Å². The fraction of sp³-hybridized carbons (Fsp3) is 0.211. The van der Waals surface area contributed by atoms with Gasteiger partial charge in [-0.25, -0.2) is 8.78 Å². The Bertz CT molecular complexity index is 919.